The molecular formula is C16H34N2O. The first-order chi connectivity index (χ1) is 8.75. The van der Waals surface area contributed by atoms with Crippen molar-refractivity contribution >= 4 is 0 Å². The molecule has 0 aromatic heterocycles. The summed E-state index contributed by atoms with van der Waals surface area (Å²) in [6, 6.07) is 0.536. The molecular weight excluding hydrogens is 236 g/mol. The largest absolute Gasteiger partial charge is 0.393 e. The van der Waals surface area contributed by atoms with E-state index < -0.39 is 0 Å². The van der Waals surface area contributed by atoms with Gasteiger partial charge >= 0.3 is 0 Å². The lowest BCUT2D eigenvalue weighted by Gasteiger charge is -2.47. The standard InChI is InChI=1S/C16H34N2O/c1-7-18(11-10-17(5)6)15-12-13(19)8-9-14(15)16(2,3)4/h13-15,19H,7-12H2,1-6H3. The fourth-order valence-electron chi connectivity index (χ4n) is 3.43. The van der Waals surface area contributed by atoms with Crippen LogP contribution in [0.3, 0.4) is 0 Å². The van der Waals surface area contributed by atoms with Gasteiger partial charge < -0.3 is 10.0 Å². The molecule has 3 atom stereocenters. The Morgan fingerprint density at radius 2 is 1.74 bits per heavy atom. The average molecular weight is 270 g/mol. The number of likely N-dealkylation sites (N-methyl/N-ethyl adjacent to an activating group) is 2. The van der Waals surface area contributed by atoms with Crippen molar-refractivity contribution in [3.05, 3.63) is 0 Å². The SMILES string of the molecule is CCN(CCN(C)C)C1CC(O)CCC1C(C)(C)C. The van der Waals surface area contributed by atoms with E-state index in [4.69, 9.17) is 0 Å². The quantitative estimate of drug-likeness (QED) is 0.831. The molecule has 0 bridgehead atoms. The second kappa shape index (κ2) is 7.05. The normalized spacial score (nSPS) is 29.2. The van der Waals surface area contributed by atoms with Gasteiger partial charge in [0.05, 0.1) is 6.10 Å². The highest BCUT2D eigenvalue weighted by Gasteiger charge is 2.39. The van der Waals surface area contributed by atoms with Crippen LogP contribution in [0.1, 0.15) is 47.0 Å². The van der Waals surface area contributed by atoms with E-state index in [0.29, 0.717) is 17.4 Å². The smallest absolute Gasteiger partial charge is 0.0555 e. The summed E-state index contributed by atoms with van der Waals surface area (Å²) < 4.78 is 0. The Kier molecular flexibility index (Phi) is 6.28. The van der Waals surface area contributed by atoms with Crippen molar-refractivity contribution in [3.63, 3.8) is 0 Å². The van der Waals surface area contributed by atoms with E-state index in [1.807, 2.05) is 0 Å². The Morgan fingerprint density at radius 1 is 1.11 bits per heavy atom. The molecule has 3 unspecified atom stereocenters. The first kappa shape index (κ1) is 16.9. The van der Waals surface area contributed by atoms with Crippen molar-refractivity contribution in [2.24, 2.45) is 11.3 Å². The molecule has 0 aliphatic heterocycles. The summed E-state index contributed by atoms with van der Waals surface area (Å²) in [5.74, 6) is 0.693. The Hall–Kier alpha value is -0.120. The van der Waals surface area contributed by atoms with Crippen molar-refractivity contribution in [3.8, 4) is 0 Å². The summed E-state index contributed by atoms with van der Waals surface area (Å²) in [6.45, 7) is 12.6. The van der Waals surface area contributed by atoms with E-state index >= 15 is 0 Å². The molecule has 1 aliphatic carbocycles. The molecule has 0 spiro atoms. The summed E-state index contributed by atoms with van der Waals surface area (Å²) in [7, 11) is 4.26. The first-order valence-corrected chi connectivity index (χ1v) is 7.82. The Morgan fingerprint density at radius 3 is 2.21 bits per heavy atom. The lowest BCUT2D eigenvalue weighted by Crippen LogP contribution is -2.51. The molecule has 0 aromatic rings. The van der Waals surface area contributed by atoms with Gasteiger partial charge in [0.1, 0.15) is 0 Å². The highest BCUT2D eigenvalue weighted by Crippen LogP contribution is 2.40. The third-order valence-electron chi connectivity index (χ3n) is 4.61. The number of rotatable bonds is 5. The van der Waals surface area contributed by atoms with E-state index in [9.17, 15) is 5.11 Å². The molecule has 114 valence electrons. The molecule has 1 aliphatic rings. The van der Waals surface area contributed by atoms with Gasteiger partial charge in [-0.05, 0) is 51.2 Å². The molecule has 19 heavy (non-hydrogen) atoms. The number of aliphatic hydroxyl groups is 1. The fourth-order valence-corrected chi connectivity index (χ4v) is 3.43. The average Bonchev–Trinajstić information content (AvgIpc) is 2.27. The van der Waals surface area contributed by atoms with Gasteiger partial charge in [-0.2, -0.15) is 0 Å². The van der Waals surface area contributed by atoms with Gasteiger partial charge in [0.25, 0.3) is 0 Å². The molecule has 1 saturated carbocycles. The zero-order chi connectivity index (χ0) is 14.6. The van der Waals surface area contributed by atoms with Crippen LogP contribution in [0.5, 0.6) is 0 Å². The third kappa shape index (κ3) is 5.05. The zero-order valence-electron chi connectivity index (χ0n) is 13.8. The number of hydrogen-bond acceptors (Lipinski definition) is 3. The first-order valence-electron chi connectivity index (χ1n) is 7.82. The lowest BCUT2D eigenvalue weighted by atomic mass is 9.68. The van der Waals surface area contributed by atoms with Gasteiger partial charge in [0.15, 0.2) is 0 Å². The third-order valence-corrected chi connectivity index (χ3v) is 4.61. The molecule has 1 rings (SSSR count). The highest BCUT2D eigenvalue weighted by molar-refractivity contribution is 4.92. The minimum absolute atomic E-state index is 0.1000. The topological polar surface area (TPSA) is 26.7 Å². The maximum Gasteiger partial charge on any atom is 0.0555 e. The van der Waals surface area contributed by atoms with E-state index in [0.717, 1.165) is 38.9 Å². The molecule has 1 fully saturated rings. The summed E-state index contributed by atoms with van der Waals surface area (Å²) in [5, 5.41) is 10.0. The van der Waals surface area contributed by atoms with Gasteiger partial charge in [-0.3, -0.25) is 4.90 Å². The molecule has 0 saturated heterocycles. The molecule has 3 nitrogen and oxygen atoms in total. The van der Waals surface area contributed by atoms with Crippen LogP contribution in [0.4, 0.5) is 0 Å². The fraction of sp³-hybridized carbons (Fsp3) is 1.00. The molecule has 0 aromatic carbocycles. The Bertz CT molecular complexity index is 260. The van der Waals surface area contributed by atoms with Crippen LogP contribution in [-0.2, 0) is 0 Å². The minimum Gasteiger partial charge on any atom is -0.393 e. The Balaban J connectivity index is 2.76. The summed E-state index contributed by atoms with van der Waals surface area (Å²) in [5.41, 5.74) is 0.330. The van der Waals surface area contributed by atoms with Crippen LogP contribution in [0.15, 0.2) is 0 Å². The molecule has 1 N–H and O–H groups in total. The van der Waals surface area contributed by atoms with Crippen molar-refractivity contribution in [1.29, 1.82) is 0 Å². The van der Waals surface area contributed by atoms with Crippen molar-refractivity contribution < 1.29 is 5.11 Å². The van der Waals surface area contributed by atoms with Crippen LogP contribution < -0.4 is 0 Å². The molecule has 0 heterocycles. The minimum atomic E-state index is -0.1000. The molecule has 0 amide bonds. The predicted octanol–water partition coefficient (Wildman–Crippen LogP) is 2.45. The van der Waals surface area contributed by atoms with Crippen LogP contribution in [0, 0.1) is 11.3 Å². The van der Waals surface area contributed by atoms with Crippen molar-refractivity contribution in [2.45, 2.75) is 59.1 Å². The van der Waals surface area contributed by atoms with Crippen LogP contribution in [0.25, 0.3) is 0 Å². The van der Waals surface area contributed by atoms with Gasteiger partial charge in [0.2, 0.25) is 0 Å². The summed E-state index contributed by atoms with van der Waals surface area (Å²) in [6.07, 6.45) is 2.98. The second-order valence-corrected chi connectivity index (χ2v) is 7.44. The monoisotopic (exact) mass is 270 g/mol. The highest BCUT2D eigenvalue weighted by atomic mass is 16.3. The van der Waals surface area contributed by atoms with Crippen LogP contribution >= 0.6 is 0 Å². The maximum atomic E-state index is 10.0. The second-order valence-electron chi connectivity index (χ2n) is 7.44. The lowest BCUT2D eigenvalue weighted by molar-refractivity contribution is -0.0114. The van der Waals surface area contributed by atoms with E-state index in [-0.39, 0.29) is 6.10 Å². The molecule has 3 heteroatoms. The van der Waals surface area contributed by atoms with E-state index in [1.165, 1.54) is 0 Å². The van der Waals surface area contributed by atoms with E-state index in [2.05, 4.69) is 51.6 Å². The number of hydrogen-bond donors (Lipinski definition) is 1. The maximum absolute atomic E-state index is 10.0. The van der Waals surface area contributed by atoms with Gasteiger partial charge in [-0.25, -0.2) is 0 Å². The van der Waals surface area contributed by atoms with Gasteiger partial charge in [-0.1, -0.05) is 27.7 Å². The number of aliphatic hydroxyl groups excluding tert-OH is 1. The summed E-state index contributed by atoms with van der Waals surface area (Å²) >= 11 is 0. The van der Waals surface area contributed by atoms with Crippen molar-refractivity contribution in [2.75, 3.05) is 33.7 Å². The van der Waals surface area contributed by atoms with Gasteiger partial charge in [0, 0.05) is 19.1 Å². The molecule has 0 radical (unpaired) electrons. The summed E-state index contributed by atoms with van der Waals surface area (Å²) in [4.78, 5) is 4.83. The van der Waals surface area contributed by atoms with Gasteiger partial charge in [-0.15, -0.1) is 0 Å². The predicted molar refractivity (Wildman–Crippen MR) is 82.4 cm³/mol. The van der Waals surface area contributed by atoms with Crippen LogP contribution in [0.2, 0.25) is 0 Å². The number of nitrogens with zero attached hydrogens (tertiary/aromatic N) is 2. The zero-order valence-corrected chi connectivity index (χ0v) is 13.8. The van der Waals surface area contributed by atoms with E-state index in [1.54, 1.807) is 0 Å². The Labute approximate surface area is 120 Å². The van der Waals surface area contributed by atoms with Crippen LogP contribution in [-0.4, -0.2) is 60.8 Å². The van der Waals surface area contributed by atoms with Crippen molar-refractivity contribution in [1.82, 2.24) is 9.80 Å².